The van der Waals surface area contributed by atoms with Crippen LogP contribution in [0.25, 0.3) is 0 Å². The van der Waals surface area contributed by atoms with Crippen LogP contribution in [-0.2, 0) is 22.7 Å². The van der Waals surface area contributed by atoms with Gasteiger partial charge in [0.1, 0.15) is 0 Å². The van der Waals surface area contributed by atoms with E-state index in [0.717, 1.165) is 15.6 Å². The molecule has 3 rings (SSSR count). The van der Waals surface area contributed by atoms with Crippen LogP contribution in [0.3, 0.4) is 0 Å². The lowest BCUT2D eigenvalue weighted by Crippen LogP contribution is -2.28. The van der Waals surface area contributed by atoms with Gasteiger partial charge in [-0.25, -0.2) is 0 Å². The standard InChI is InChI=1S/C19H16BrClN2O3/c20-15-6-5-14(16(21)9-15)10-22-19(26)13-3-1-12(2-4-13)11-23-17(24)7-8-18(23)25/h1-6,9H,7-8,10-11H2,(H,22,26). The van der Waals surface area contributed by atoms with Gasteiger partial charge in [-0.05, 0) is 35.4 Å². The van der Waals surface area contributed by atoms with Crippen LogP contribution in [-0.4, -0.2) is 22.6 Å². The van der Waals surface area contributed by atoms with E-state index >= 15 is 0 Å². The van der Waals surface area contributed by atoms with Gasteiger partial charge in [0.15, 0.2) is 0 Å². The van der Waals surface area contributed by atoms with Crippen LogP contribution in [0.2, 0.25) is 5.02 Å². The molecule has 0 bridgehead atoms. The maximum atomic E-state index is 12.3. The molecule has 3 amide bonds. The SMILES string of the molecule is O=C(NCc1ccc(Br)cc1Cl)c1ccc(CN2C(=O)CCC2=O)cc1. The highest BCUT2D eigenvalue weighted by Gasteiger charge is 2.28. The first-order valence-corrected chi connectivity index (χ1v) is 9.25. The van der Waals surface area contributed by atoms with Gasteiger partial charge in [-0.3, -0.25) is 19.3 Å². The van der Waals surface area contributed by atoms with Gasteiger partial charge in [0.05, 0.1) is 6.54 Å². The molecule has 1 aliphatic rings. The number of benzene rings is 2. The molecule has 1 saturated heterocycles. The molecule has 2 aromatic carbocycles. The molecular weight excluding hydrogens is 420 g/mol. The topological polar surface area (TPSA) is 66.5 Å². The first-order chi connectivity index (χ1) is 12.4. The number of nitrogens with zero attached hydrogens (tertiary/aromatic N) is 1. The summed E-state index contributed by atoms with van der Waals surface area (Å²) in [5, 5.41) is 3.40. The van der Waals surface area contributed by atoms with E-state index < -0.39 is 0 Å². The molecule has 0 spiro atoms. The Morgan fingerprint density at radius 3 is 2.35 bits per heavy atom. The van der Waals surface area contributed by atoms with Crippen molar-refractivity contribution in [2.24, 2.45) is 0 Å². The lowest BCUT2D eigenvalue weighted by Gasteiger charge is -2.14. The largest absolute Gasteiger partial charge is 0.348 e. The lowest BCUT2D eigenvalue weighted by atomic mass is 10.1. The summed E-state index contributed by atoms with van der Waals surface area (Å²) in [6.45, 7) is 0.567. The van der Waals surface area contributed by atoms with E-state index in [9.17, 15) is 14.4 Å². The Morgan fingerprint density at radius 2 is 1.73 bits per heavy atom. The molecule has 26 heavy (non-hydrogen) atoms. The maximum absolute atomic E-state index is 12.3. The van der Waals surface area contributed by atoms with Crippen molar-refractivity contribution in [3.05, 3.63) is 68.7 Å². The van der Waals surface area contributed by atoms with E-state index in [1.165, 1.54) is 4.90 Å². The second kappa shape index (κ2) is 8.01. The van der Waals surface area contributed by atoms with Gasteiger partial charge < -0.3 is 5.32 Å². The first kappa shape index (κ1) is 18.6. The third kappa shape index (κ3) is 4.31. The third-order valence-electron chi connectivity index (χ3n) is 4.17. The van der Waals surface area contributed by atoms with Crippen LogP contribution in [0.5, 0.6) is 0 Å². The van der Waals surface area contributed by atoms with Crippen molar-refractivity contribution in [2.45, 2.75) is 25.9 Å². The minimum atomic E-state index is -0.219. The Bertz CT molecular complexity index is 852. The van der Waals surface area contributed by atoms with Gasteiger partial charge in [0, 0.05) is 34.4 Å². The van der Waals surface area contributed by atoms with Gasteiger partial charge in [0.2, 0.25) is 11.8 Å². The molecule has 0 aliphatic carbocycles. The van der Waals surface area contributed by atoms with Gasteiger partial charge in [-0.2, -0.15) is 0 Å². The van der Waals surface area contributed by atoms with E-state index in [1.807, 2.05) is 12.1 Å². The highest BCUT2D eigenvalue weighted by Crippen LogP contribution is 2.21. The molecule has 0 saturated carbocycles. The van der Waals surface area contributed by atoms with Crippen LogP contribution < -0.4 is 5.32 Å². The van der Waals surface area contributed by atoms with Crippen LogP contribution >= 0.6 is 27.5 Å². The fourth-order valence-electron chi connectivity index (χ4n) is 2.69. The summed E-state index contributed by atoms with van der Waals surface area (Å²) in [5.74, 6) is -0.518. The second-order valence-corrected chi connectivity index (χ2v) is 7.31. The minimum absolute atomic E-state index is 0.150. The Labute approximate surface area is 164 Å². The van der Waals surface area contributed by atoms with Crippen molar-refractivity contribution >= 4 is 45.3 Å². The van der Waals surface area contributed by atoms with E-state index in [0.29, 0.717) is 17.1 Å². The molecule has 0 unspecified atom stereocenters. The number of halogens is 2. The zero-order valence-electron chi connectivity index (χ0n) is 13.8. The summed E-state index contributed by atoms with van der Waals surface area (Å²) in [6.07, 6.45) is 0.551. The van der Waals surface area contributed by atoms with Crippen molar-refractivity contribution in [1.82, 2.24) is 10.2 Å². The number of imide groups is 1. The molecule has 1 heterocycles. The lowest BCUT2D eigenvalue weighted by molar-refractivity contribution is -0.139. The molecule has 0 aromatic heterocycles. The van der Waals surface area contributed by atoms with Crippen LogP contribution in [0.1, 0.15) is 34.3 Å². The average molecular weight is 436 g/mol. The minimum Gasteiger partial charge on any atom is -0.348 e. The van der Waals surface area contributed by atoms with Gasteiger partial charge in [-0.1, -0.05) is 45.7 Å². The predicted molar refractivity (Wildman–Crippen MR) is 102 cm³/mol. The zero-order chi connectivity index (χ0) is 18.7. The number of carbonyl (C=O) groups excluding carboxylic acids is 3. The fourth-order valence-corrected chi connectivity index (χ4v) is 3.43. The van der Waals surface area contributed by atoms with E-state index in [4.69, 9.17) is 11.6 Å². The van der Waals surface area contributed by atoms with Crippen molar-refractivity contribution in [3.63, 3.8) is 0 Å². The van der Waals surface area contributed by atoms with Crippen LogP contribution in [0, 0.1) is 0 Å². The molecule has 0 atom stereocenters. The first-order valence-electron chi connectivity index (χ1n) is 8.08. The Morgan fingerprint density at radius 1 is 1.08 bits per heavy atom. The molecule has 0 radical (unpaired) electrons. The summed E-state index contributed by atoms with van der Waals surface area (Å²) in [4.78, 5) is 36.8. The predicted octanol–water partition coefficient (Wildman–Crippen LogP) is 3.68. The summed E-state index contributed by atoms with van der Waals surface area (Å²) >= 11 is 9.48. The summed E-state index contributed by atoms with van der Waals surface area (Å²) < 4.78 is 0.878. The smallest absolute Gasteiger partial charge is 0.251 e. The number of likely N-dealkylation sites (tertiary alicyclic amines) is 1. The number of hydrogen-bond donors (Lipinski definition) is 1. The number of amides is 3. The Kier molecular flexibility index (Phi) is 5.74. The molecule has 1 aliphatic heterocycles. The van der Waals surface area contributed by atoms with Gasteiger partial charge >= 0.3 is 0 Å². The number of nitrogens with one attached hydrogen (secondary N) is 1. The monoisotopic (exact) mass is 434 g/mol. The second-order valence-electron chi connectivity index (χ2n) is 5.99. The van der Waals surface area contributed by atoms with Gasteiger partial charge in [0.25, 0.3) is 5.91 Å². The highest BCUT2D eigenvalue weighted by molar-refractivity contribution is 9.10. The van der Waals surface area contributed by atoms with Gasteiger partial charge in [-0.15, -0.1) is 0 Å². The number of rotatable bonds is 5. The molecule has 1 fully saturated rings. The van der Waals surface area contributed by atoms with Crippen molar-refractivity contribution in [2.75, 3.05) is 0 Å². The van der Waals surface area contributed by atoms with E-state index in [2.05, 4.69) is 21.2 Å². The number of hydrogen-bond acceptors (Lipinski definition) is 3. The van der Waals surface area contributed by atoms with E-state index in [-0.39, 0.29) is 37.1 Å². The molecule has 1 N–H and O–H groups in total. The third-order valence-corrected chi connectivity index (χ3v) is 5.01. The summed E-state index contributed by atoms with van der Waals surface area (Å²) in [5.41, 5.74) is 2.13. The van der Waals surface area contributed by atoms with Crippen molar-refractivity contribution in [3.8, 4) is 0 Å². The van der Waals surface area contributed by atoms with Crippen molar-refractivity contribution < 1.29 is 14.4 Å². The normalized spacial score (nSPS) is 14.0. The quantitative estimate of drug-likeness (QED) is 0.729. The molecule has 134 valence electrons. The summed E-state index contributed by atoms with van der Waals surface area (Å²) in [6, 6.07) is 12.3. The average Bonchev–Trinajstić information content (AvgIpc) is 2.93. The molecular formula is C19H16BrClN2O3. The Hall–Kier alpha value is -2.18. The maximum Gasteiger partial charge on any atom is 0.251 e. The molecule has 5 nitrogen and oxygen atoms in total. The van der Waals surface area contributed by atoms with Crippen molar-refractivity contribution in [1.29, 1.82) is 0 Å². The Balaban J connectivity index is 1.60. The van der Waals surface area contributed by atoms with Crippen LogP contribution in [0.4, 0.5) is 0 Å². The fraction of sp³-hybridized carbons (Fsp3) is 0.211. The summed E-state index contributed by atoms with van der Waals surface area (Å²) in [7, 11) is 0. The molecule has 2 aromatic rings. The zero-order valence-corrected chi connectivity index (χ0v) is 16.1. The van der Waals surface area contributed by atoms with Crippen LogP contribution in [0.15, 0.2) is 46.9 Å². The molecule has 7 heteroatoms. The highest BCUT2D eigenvalue weighted by atomic mass is 79.9. The number of carbonyl (C=O) groups is 3. The van der Waals surface area contributed by atoms with E-state index in [1.54, 1.807) is 30.3 Å².